The van der Waals surface area contributed by atoms with Crippen LogP contribution in [0.15, 0.2) is 36.7 Å². The highest BCUT2D eigenvalue weighted by molar-refractivity contribution is 6.10. The molecule has 120 valence electrons. The number of nitrogens with zero attached hydrogens (tertiary/aromatic N) is 5. The summed E-state index contributed by atoms with van der Waals surface area (Å²) in [5, 5.41) is 20.6. The van der Waals surface area contributed by atoms with Crippen molar-refractivity contribution in [2.75, 3.05) is 18.4 Å². The Morgan fingerprint density at radius 2 is 2.08 bits per heavy atom. The van der Waals surface area contributed by atoms with Crippen LogP contribution in [0.1, 0.15) is 6.42 Å². The van der Waals surface area contributed by atoms with Crippen LogP contribution in [0.5, 0.6) is 0 Å². The Kier molecular flexibility index (Phi) is 3.72. The number of nitrogens with one attached hydrogen (secondary N) is 2. The van der Waals surface area contributed by atoms with Gasteiger partial charge >= 0.3 is 0 Å². The lowest BCUT2D eigenvalue weighted by Crippen LogP contribution is -2.09. The van der Waals surface area contributed by atoms with E-state index in [2.05, 4.69) is 30.9 Å². The Hall–Kier alpha value is -3.13. The van der Waals surface area contributed by atoms with Crippen molar-refractivity contribution >= 4 is 27.5 Å². The summed E-state index contributed by atoms with van der Waals surface area (Å²) >= 11 is 0. The Balaban J connectivity index is 1.89. The Morgan fingerprint density at radius 3 is 2.92 bits per heavy atom. The minimum atomic E-state index is 0.544. The van der Waals surface area contributed by atoms with Crippen LogP contribution >= 0.6 is 0 Å². The largest absolute Gasteiger partial charge is 0.369 e. The van der Waals surface area contributed by atoms with E-state index in [0.717, 1.165) is 46.0 Å². The lowest BCUT2D eigenvalue weighted by atomic mass is 10.1. The minimum Gasteiger partial charge on any atom is -0.369 e. The third kappa shape index (κ3) is 2.52. The number of fused-ring (bicyclic) bond motifs is 3. The summed E-state index contributed by atoms with van der Waals surface area (Å²) in [5.74, 6) is 1.38. The van der Waals surface area contributed by atoms with Gasteiger partial charge in [0.1, 0.15) is 5.82 Å². The van der Waals surface area contributed by atoms with E-state index in [-0.39, 0.29) is 0 Å². The molecule has 0 radical (unpaired) electrons. The van der Waals surface area contributed by atoms with E-state index in [1.54, 1.807) is 6.20 Å². The first kappa shape index (κ1) is 14.5. The molecule has 0 atom stereocenters. The quantitative estimate of drug-likeness (QED) is 0.378. The predicted octanol–water partition coefficient (Wildman–Crippen LogP) is 1.72. The van der Waals surface area contributed by atoms with Gasteiger partial charge in [0.05, 0.1) is 5.52 Å². The molecule has 3 aromatic heterocycles. The molecule has 4 aromatic rings. The number of anilines is 1. The third-order valence-corrected chi connectivity index (χ3v) is 3.87. The summed E-state index contributed by atoms with van der Waals surface area (Å²) in [5.41, 5.74) is 7.29. The fraction of sp³-hybridized carbons (Fsp3) is 0.188. The van der Waals surface area contributed by atoms with Crippen molar-refractivity contribution in [1.29, 1.82) is 0 Å². The molecule has 0 aliphatic carbocycles. The number of pyridine rings is 2. The van der Waals surface area contributed by atoms with Crippen LogP contribution in [0.4, 0.5) is 5.82 Å². The molecule has 4 N–H and O–H groups in total. The molecule has 0 fully saturated rings. The van der Waals surface area contributed by atoms with E-state index < -0.39 is 0 Å². The van der Waals surface area contributed by atoms with Gasteiger partial charge in [-0.1, -0.05) is 12.1 Å². The SMILES string of the molecule is NCCCNc1nc2cc(-c3nn[nH]n3)ccc2c2cnccc12. The van der Waals surface area contributed by atoms with E-state index in [0.29, 0.717) is 12.4 Å². The molecule has 8 heteroatoms. The summed E-state index contributed by atoms with van der Waals surface area (Å²) in [6.07, 6.45) is 4.52. The van der Waals surface area contributed by atoms with Crippen molar-refractivity contribution in [3.63, 3.8) is 0 Å². The summed E-state index contributed by atoms with van der Waals surface area (Å²) in [4.78, 5) is 9.04. The highest BCUT2D eigenvalue weighted by Crippen LogP contribution is 2.30. The minimum absolute atomic E-state index is 0.544. The molecule has 24 heavy (non-hydrogen) atoms. The Morgan fingerprint density at radius 1 is 1.12 bits per heavy atom. The number of benzene rings is 1. The number of nitrogens with two attached hydrogens (primary N) is 1. The van der Waals surface area contributed by atoms with Crippen molar-refractivity contribution in [3.05, 3.63) is 36.7 Å². The van der Waals surface area contributed by atoms with Gasteiger partial charge in [-0.25, -0.2) is 4.98 Å². The average Bonchev–Trinajstić information content (AvgIpc) is 3.16. The number of aromatic amines is 1. The van der Waals surface area contributed by atoms with E-state index in [1.807, 2.05) is 30.5 Å². The molecule has 3 heterocycles. The van der Waals surface area contributed by atoms with Crippen molar-refractivity contribution < 1.29 is 0 Å². The van der Waals surface area contributed by atoms with Crippen LogP contribution in [0.2, 0.25) is 0 Å². The van der Waals surface area contributed by atoms with E-state index in [1.165, 1.54) is 0 Å². The van der Waals surface area contributed by atoms with Gasteiger partial charge in [0.15, 0.2) is 0 Å². The monoisotopic (exact) mass is 320 g/mol. The normalized spacial score (nSPS) is 11.2. The van der Waals surface area contributed by atoms with Gasteiger partial charge in [-0.15, -0.1) is 10.2 Å². The number of rotatable bonds is 5. The molecule has 0 unspecified atom stereocenters. The summed E-state index contributed by atoms with van der Waals surface area (Å²) in [7, 11) is 0. The molecule has 0 saturated heterocycles. The molecular formula is C16H16N8. The zero-order valence-corrected chi connectivity index (χ0v) is 12.9. The fourth-order valence-electron chi connectivity index (χ4n) is 2.71. The zero-order chi connectivity index (χ0) is 16.4. The maximum Gasteiger partial charge on any atom is 0.204 e. The number of H-pyrrole nitrogens is 1. The first-order valence-corrected chi connectivity index (χ1v) is 7.72. The fourth-order valence-corrected chi connectivity index (χ4v) is 2.71. The van der Waals surface area contributed by atoms with Gasteiger partial charge in [0, 0.05) is 40.7 Å². The van der Waals surface area contributed by atoms with Crippen LogP contribution < -0.4 is 11.1 Å². The topological polar surface area (TPSA) is 118 Å². The Bertz CT molecular complexity index is 980. The van der Waals surface area contributed by atoms with Crippen LogP contribution in [0.3, 0.4) is 0 Å². The van der Waals surface area contributed by atoms with Gasteiger partial charge < -0.3 is 11.1 Å². The van der Waals surface area contributed by atoms with Gasteiger partial charge in [-0.05, 0) is 30.3 Å². The highest BCUT2D eigenvalue weighted by Gasteiger charge is 2.10. The van der Waals surface area contributed by atoms with Gasteiger partial charge in [0.25, 0.3) is 0 Å². The molecule has 0 aliphatic rings. The first-order chi connectivity index (χ1) is 11.9. The summed E-state index contributed by atoms with van der Waals surface area (Å²) < 4.78 is 0. The van der Waals surface area contributed by atoms with Crippen molar-refractivity contribution in [2.24, 2.45) is 5.73 Å². The van der Waals surface area contributed by atoms with Gasteiger partial charge in [0.2, 0.25) is 5.82 Å². The van der Waals surface area contributed by atoms with Crippen molar-refractivity contribution in [1.82, 2.24) is 30.6 Å². The maximum atomic E-state index is 5.58. The molecule has 0 amide bonds. The molecule has 0 bridgehead atoms. The summed E-state index contributed by atoms with van der Waals surface area (Å²) in [6.45, 7) is 1.42. The second kappa shape index (κ2) is 6.17. The molecule has 0 spiro atoms. The van der Waals surface area contributed by atoms with Crippen LogP contribution in [-0.4, -0.2) is 43.7 Å². The van der Waals surface area contributed by atoms with Crippen molar-refractivity contribution in [2.45, 2.75) is 6.42 Å². The number of hydrogen-bond acceptors (Lipinski definition) is 7. The van der Waals surface area contributed by atoms with E-state index >= 15 is 0 Å². The predicted molar refractivity (Wildman–Crippen MR) is 92.4 cm³/mol. The van der Waals surface area contributed by atoms with Gasteiger partial charge in [-0.2, -0.15) is 5.21 Å². The number of aromatic nitrogens is 6. The molecule has 0 aliphatic heterocycles. The molecule has 4 rings (SSSR count). The zero-order valence-electron chi connectivity index (χ0n) is 12.9. The number of hydrogen-bond donors (Lipinski definition) is 3. The van der Waals surface area contributed by atoms with Crippen LogP contribution in [0.25, 0.3) is 33.1 Å². The molecular weight excluding hydrogens is 304 g/mol. The second-order valence-electron chi connectivity index (χ2n) is 5.42. The van der Waals surface area contributed by atoms with Crippen molar-refractivity contribution in [3.8, 4) is 11.4 Å². The molecule has 1 aromatic carbocycles. The first-order valence-electron chi connectivity index (χ1n) is 7.72. The lowest BCUT2D eigenvalue weighted by Gasteiger charge is -2.11. The highest BCUT2D eigenvalue weighted by atomic mass is 15.5. The van der Waals surface area contributed by atoms with Gasteiger partial charge in [-0.3, -0.25) is 4.98 Å². The second-order valence-corrected chi connectivity index (χ2v) is 5.42. The summed E-state index contributed by atoms with van der Waals surface area (Å²) in [6, 6.07) is 7.91. The van der Waals surface area contributed by atoms with Crippen LogP contribution in [-0.2, 0) is 0 Å². The Labute approximate surface area is 137 Å². The average molecular weight is 320 g/mol. The third-order valence-electron chi connectivity index (χ3n) is 3.87. The number of tetrazole rings is 1. The molecule has 8 nitrogen and oxygen atoms in total. The van der Waals surface area contributed by atoms with Crippen LogP contribution in [0, 0.1) is 0 Å². The smallest absolute Gasteiger partial charge is 0.204 e. The molecule has 0 saturated carbocycles. The van der Waals surface area contributed by atoms with E-state index in [4.69, 9.17) is 10.7 Å². The van der Waals surface area contributed by atoms with E-state index in [9.17, 15) is 0 Å². The lowest BCUT2D eigenvalue weighted by molar-refractivity contribution is 0.872. The maximum absolute atomic E-state index is 5.58. The standard InChI is InChI=1S/C16H16N8/c17-5-1-6-19-16-12-4-7-18-9-13(12)11-3-2-10(8-14(11)20-16)15-21-23-24-22-15/h2-4,7-9H,1,5-6,17H2,(H,19,20)(H,21,22,23,24).